The van der Waals surface area contributed by atoms with Gasteiger partial charge in [0.25, 0.3) is 0 Å². The Morgan fingerprint density at radius 2 is 2.00 bits per heavy atom. The normalized spacial score (nSPS) is 18.9. The van der Waals surface area contributed by atoms with E-state index >= 15 is 0 Å². The summed E-state index contributed by atoms with van der Waals surface area (Å²) < 4.78 is 2.38. The molecule has 3 rings (SSSR count). The van der Waals surface area contributed by atoms with E-state index < -0.39 is 0 Å². The van der Waals surface area contributed by atoms with Gasteiger partial charge in [0.2, 0.25) is 0 Å². The first kappa shape index (κ1) is 10.8. The maximum absolute atomic E-state index is 6.06. The molecule has 0 saturated heterocycles. The quantitative estimate of drug-likeness (QED) is 0.859. The molecule has 1 fully saturated rings. The number of hydrogen-bond donors (Lipinski definition) is 1. The van der Waals surface area contributed by atoms with Gasteiger partial charge < -0.3 is 10.3 Å². The lowest BCUT2D eigenvalue weighted by Crippen LogP contribution is -2.16. The SMILES string of the molecule is C[C@@H](N)c1nc2ccccc2n1C1CCCC1. The van der Waals surface area contributed by atoms with Crippen LogP contribution in [-0.4, -0.2) is 9.55 Å². The first-order valence-corrected chi connectivity index (χ1v) is 6.50. The molecule has 0 spiro atoms. The van der Waals surface area contributed by atoms with Crippen LogP contribution >= 0.6 is 0 Å². The van der Waals surface area contributed by atoms with Crippen molar-refractivity contribution in [1.82, 2.24) is 9.55 Å². The molecule has 90 valence electrons. The summed E-state index contributed by atoms with van der Waals surface area (Å²) in [7, 11) is 0. The average Bonchev–Trinajstić information content (AvgIpc) is 2.94. The predicted octanol–water partition coefficient (Wildman–Crippen LogP) is 3.17. The highest BCUT2D eigenvalue weighted by molar-refractivity contribution is 5.76. The van der Waals surface area contributed by atoms with E-state index in [4.69, 9.17) is 10.7 Å². The topological polar surface area (TPSA) is 43.8 Å². The van der Waals surface area contributed by atoms with Gasteiger partial charge in [-0.15, -0.1) is 0 Å². The van der Waals surface area contributed by atoms with Crippen LogP contribution in [0.1, 0.15) is 50.5 Å². The highest BCUT2D eigenvalue weighted by atomic mass is 15.1. The van der Waals surface area contributed by atoms with E-state index in [9.17, 15) is 0 Å². The van der Waals surface area contributed by atoms with E-state index in [1.165, 1.54) is 31.2 Å². The third kappa shape index (κ3) is 1.75. The first-order chi connectivity index (χ1) is 8.27. The molecule has 1 heterocycles. The van der Waals surface area contributed by atoms with Gasteiger partial charge in [-0.3, -0.25) is 0 Å². The molecule has 0 aliphatic heterocycles. The van der Waals surface area contributed by atoms with Crippen LogP contribution in [0.5, 0.6) is 0 Å². The van der Waals surface area contributed by atoms with Crippen molar-refractivity contribution in [2.24, 2.45) is 5.73 Å². The monoisotopic (exact) mass is 229 g/mol. The minimum absolute atomic E-state index is 0.00278. The Balaban J connectivity index is 2.20. The molecule has 1 aromatic heterocycles. The lowest BCUT2D eigenvalue weighted by molar-refractivity contribution is 0.495. The number of aromatic nitrogens is 2. The summed E-state index contributed by atoms with van der Waals surface area (Å²) in [5.74, 6) is 1.04. The van der Waals surface area contributed by atoms with Crippen LogP contribution < -0.4 is 5.73 Å². The lowest BCUT2D eigenvalue weighted by Gasteiger charge is -2.17. The van der Waals surface area contributed by atoms with Crippen molar-refractivity contribution in [3.8, 4) is 0 Å². The van der Waals surface area contributed by atoms with Crippen molar-refractivity contribution in [2.45, 2.75) is 44.7 Å². The smallest absolute Gasteiger partial charge is 0.126 e. The fraction of sp³-hybridized carbons (Fsp3) is 0.500. The second kappa shape index (κ2) is 4.15. The minimum Gasteiger partial charge on any atom is -0.324 e. The van der Waals surface area contributed by atoms with Crippen LogP contribution in [0.2, 0.25) is 0 Å². The van der Waals surface area contributed by atoms with Gasteiger partial charge >= 0.3 is 0 Å². The molecule has 0 bridgehead atoms. The van der Waals surface area contributed by atoms with Crippen LogP contribution in [0.4, 0.5) is 0 Å². The fourth-order valence-corrected chi connectivity index (χ4v) is 2.93. The fourth-order valence-electron chi connectivity index (χ4n) is 2.93. The van der Waals surface area contributed by atoms with Gasteiger partial charge in [-0.2, -0.15) is 0 Å². The second-order valence-electron chi connectivity index (χ2n) is 5.06. The van der Waals surface area contributed by atoms with Crippen molar-refractivity contribution in [1.29, 1.82) is 0 Å². The Hall–Kier alpha value is -1.35. The molecule has 3 heteroatoms. The highest BCUT2D eigenvalue weighted by Crippen LogP contribution is 2.34. The average molecular weight is 229 g/mol. The Morgan fingerprint density at radius 3 is 2.71 bits per heavy atom. The Kier molecular flexibility index (Phi) is 2.63. The number of hydrogen-bond acceptors (Lipinski definition) is 2. The molecule has 0 amide bonds. The molecule has 2 aromatic rings. The van der Waals surface area contributed by atoms with Crippen molar-refractivity contribution in [3.05, 3.63) is 30.1 Å². The zero-order valence-corrected chi connectivity index (χ0v) is 10.3. The predicted molar refractivity (Wildman–Crippen MR) is 69.8 cm³/mol. The molecule has 1 atom stereocenters. The van der Waals surface area contributed by atoms with Gasteiger partial charge in [-0.05, 0) is 31.9 Å². The standard InChI is InChI=1S/C14H19N3/c1-10(15)14-16-12-8-4-5-9-13(12)17(14)11-6-2-3-7-11/h4-5,8-11H,2-3,6-7,15H2,1H3/t10-/m1/s1. The van der Waals surface area contributed by atoms with Gasteiger partial charge in [-0.1, -0.05) is 25.0 Å². The number of nitrogens with zero attached hydrogens (tertiary/aromatic N) is 2. The van der Waals surface area contributed by atoms with Gasteiger partial charge in [0.05, 0.1) is 17.1 Å². The number of para-hydroxylation sites is 2. The minimum atomic E-state index is 0.00278. The van der Waals surface area contributed by atoms with Gasteiger partial charge in [0.1, 0.15) is 5.82 Å². The Labute approximate surface area is 102 Å². The van der Waals surface area contributed by atoms with Gasteiger partial charge in [0.15, 0.2) is 0 Å². The Bertz CT molecular complexity index is 521. The molecular formula is C14H19N3. The third-order valence-corrected chi connectivity index (χ3v) is 3.72. The molecule has 17 heavy (non-hydrogen) atoms. The second-order valence-corrected chi connectivity index (χ2v) is 5.06. The van der Waals surface area contributed by atoms with Crippen LogP contribution in [0.3, 0.4) is 0 Å². The molecule has 1 aromatic carbocycles. The van der Waals surface area contributed by atoms with Crippen molar-refractivity contribution in [2.75, 3.05) is 0 Å². The summed E-state index contributed by atoms with van der Waals surface area (Å²) in [6, 6.07) is 8.96. The number of nitrogens with two attached hydrogens (primary N) is 1. The zero-order valence-electron chi connectivity index (χ0n) is 10.3. The molecule has 0 unspecified atom stereocenters. The molecular weight excluding hydrogens is 210 g/mol. The van der Waals surface area contributed by atoms with Crippen molar-refractivity contribution >= 4 is 11.0 Å². The first-order valence-electron chi connectivity index (χ1n) is 6.50. The van der Waals surface area contributed by atoms with Gasteiger partial charge in [0, 0.05) is 6.04 Å². The van der Waals surface area contributed by atoms with E-state index in [1.807, 2.05) is 13.0 Å². The summed E-state index contributed by atoms with van der Waals surface area (Å²) in [4.78, 5) is 4.69. The highest BCUT2D eigenvalue weighted by Gasteiger charge is 2.23. The molecule has 2 N–H and O–H groups in total. The largest absolute Gasteiger partial charge is 0.324 e. The maximum Gasteiger partial charge on any atom is 0.126 e. The summed E-state index contributed by atoms with van der Waals surface area (Å²) >= 11 is 0. The summed E-state index contributed by atoms with van der Waals surface area (Å²) in [5, 5.41) is 0. The van der Waals surface area contributed by atoms with Gasteiger partial charge in [-0.25, -0.2) is 4.98 Å². The molecule has 0 radical (unpaired) electrons. The van der Waals surface area contributed by atoms with E-state index in [2.05, 4.69) is 22.8 Å². The van der Waals surface area contributed by atoms with Crippen molar-refractivity contribution < 1.29 is 0 Å². The van der Waals surface area contributed by atoms with Crippen LogP contribution in [-0.2, 0) is 0 Å². The molecule has 1 aliphatic carbocycles. The third-order valence-electron chi connectivity index (χ3n) is 3.72. The number of benzene rings is 1. The van der Waals surface area contributed by atoms with E-state index in [-0.39, 0.29) is 6.04 Å². The van der Waals surface area contributed by atoms with Crippen LogP contribution in [0.15, 0.2) is 24.3 Å². The van der Waals surface area contributed by atoms with Crippen LogP contribution in [0, 0.1) is 0 Å². The van der Waals surface area contributed by atoms with Crippen molar-refractivity contribution in [3.63, 3.8) is 0 Å². The van der Waals surface area contributed by atoms with E-state index in [0.717, 1.165) is 11.3 Å². The molecule has 1 saturated carbocycles. The zero-order chi connectivity index (χ0) is 11.8. The lowest BCUT2D eigenvalue weighted by atomic mass is 10.2. The number of imidazole rings is 1. The number of fused-ring (bicyclic) bond motifs is 1. The molecule has 3 nitrogen and oxygen atoms in total. The van der Waals surface area contributed by atoms with Crippen LogP contribution in [0.25, 0.3) is 11.0 Å². The number of rotatable bonds is 2. The maximum atomic E-state index is 6.06. The Morgan fingerprint density at radius 1 is 1.29 bits per heavy atom. The summed E-state index contributed by atoms with van der Waals surface area (Å²) in [6.45, 7) is 2.02. The summed E-state index contributed by atoms with van der Waals surface area (Å²) in [5.41, 5.74) is 8.38. The van der Waals surface area contributed by atoms with E-state index in [0.29, 0.717) is 6.04 Å². The van der Waals surface area contributed by atoms with E-state index in [1.54, 1.807) is 0 Å². The summed E-state index contributed by atoms with van der Waals surface area (Å²) in [6.07, 6.45) is 5.19. The molecule has 1 aliphatic rings.